The number of hydrogen-bond acceptors (Lipinski definition) is 4. The lowest BCUT2D eigenvalue weighted by Gasteiger charge is -2.31. The van der Waals surface area contributed by atoms with Gasteiger partial charge in [-0.3, -0.25) is 9.59 Å². The molecule has 0 radical (unpaired) electrons. The Kier molecular flexibility index (Phi) is 7.65. The summed E-state index contributed by atoms with van der Waals surface area (Å²) in [5.74, 6) is 0.716. The molecule has 2 amide bonds. The maximum Gasteiger partial charge on any atom is 0.251 e. The molecule has 3 rings (SSSR count). The summed E-state index contributed by atoms with van der Waals surface area (Å²) in [6.45, 7) is 1.76. The normalized spacial score (nSPS) is 14.5. The molecule has 0 unspecified atom stereocenters. The van der Waals surface area contributed by atoms with E-state index >= 15 is 0 Å². The van der Waals surface area contributed by atoms with Gasteiger partial charge >= 0.3 is 0 Å². The highest BCUT2D eigenvalue weighted by Gasteiger charge is 2.22. The number of halogens is 1. The zero-order chi connectivity index (χ0) is 22.2. The van der Waals surface area contributed by atoms with E-state index in [2.05, 4.69) is 5.32 Å². The Hall–Kier alpha value is -3.35. The number of piperidine rings is 1. The molecular weight excluding hydrogens is 399 g/mol. The number of carbonyl (C=O) groups excluding carboxylic acids is 2. The molecule has 1 fully saturated rings. The van der Waals surface area contributed by atoms with Gasteiger partial charge in [0.25, 0.3) is 5.91 Å². The third-order valence-corrected chi connectivity index (χ3v) is 5.43. The smallest absolute Gasteiger partial charge is 0.251 e. The van der Waals surface area contributed by atoms with Crippen molar-refractivity contribution in [1.82, 2.24) is 10.2 Å². The third kappa shape index (κ3) is 5.84. The van der Waals surface area contributed by atoms with Crippen LogP contribution in [-0.2, 0) is 4.79 Å². The summed E-state index contributed by atoms with van der Waals surface area (Å²) >= 11 is 0. The van der Waals surface area contributed by atoms with Gasteiger partial charge in [0.2, 0.25) is 5.91 Å². The Morgan fingerprint density at radius 1 is 1.10 bits per heavy atom. The van der Waals surface area contributed by atoms with Crippen molar-refractivity contribution in [2.45, 2.75) is 12.8 Å². The van der Waals surface area contributed by atoms with Crippen molar-refractivity contribution in [1.29, 1.82) is 0 Å². The first-order valence-corrected chi connectivity index (χ1v) is 10.2. The topological polar surface area (TPSA) is 67.9 Å². The average molecular weight is 426 g/mol. The van der Waals surface area contributed by atoms with Gasteiger partial charge in [0.15, 0.2) is 11.5 Å². The van der Waals surface area contributed by atoms with Crippen molar-refractivity contribution in [2.24, 2.45) is 5.92 Å². The van der Waals surface area contributed by atoms with E-state index in [1.807, 2.05) is 0 Å². The van der Waals surface area contributed by atoms with E-state index in [0.717, 1.165) is 12.8 Å². The minimum absolute atomic E-state index is 0.129. The number of benzene rings is 2. The van der Waals surface area contributed by atoms with Crippen LogP contribution in [0.5, 0.6) is 11.5 Å². The first-order chi connectivity index (χ1) is 15.0. The molecule has 0 aliphatic carbocycles. The number of rotatable bonds is 7. The Morgan fingerprint density at radius 3 is 2.48 bits per heavy atom. The lowest BCUT2D eigenvalue weighted by atomic mass is 9.96. The van der Waals surface area contributed by atoms with Crippen LogP contribution >= 0.6 is 0 Å². The Balaban J connectivity index is 1.46. The highest BCUT2D eigenvalue weighted by Crippen LogP contribution is 2.27. The summed E-state index contributed by atoms with van der Waals surface area (Å²) in [5.41, 5.74) is 0.896. The van der Waals surface area contributed by atoms with Crippen LogP contribution in [0.15, 0.2) is 48.5 Å². The second kappa shape index (κ2) is 10.6. The number of likely N-dealkylation sites (tertiary alicyclic amines) is 1. The molecule has 6 nitrogen and oxygen atoms in total. The van der Waals surface area contributed by atoms with E-state index in [1.54, 1.807) is 48.4 Å². The summed E-state index contributed by atoms with van der Waals surface area (Å²) < 4.78 is 24.1. The fraction of sp³-hybridized carbons (Fsp3) is 0.333. The quantitative estimate of drug-likeness (QED) is 0.688. The Morgan fingerprint density at radius 2 is 1.81 bits per heavy atom. The van der Waals surface area contributed by atoms with Crippen LogP contribution in [0.4, 0.5) is 4.39 Å². The molecule has 0 aromatic heterocycles. The minimum atomic E-state index is -0.351. The fourth-order valence-corrected chi connectivity index (χ4v) is 3.55. The molecule has 1 heterocycles. The highest BCUT2D eigenvalue weighted by molar-refractivity contribution is 5.95. The molecule has 0 saturated carbocycles. The Bertz CT molecular complexity index is 952. The summed E-state index contributed by atoms with van der Waals surface area (Å²) in [4.78, 5) is 26.6. The summed E-state index contributed by atoms with van der Waals surface area (Å²) in [6, 6.07) is 11.4. The second-order valence-corrected chi connectivity index (χ2v) is 7.40. The van der Waals surface area contributed by atoms with Gasteiger partial charge in [-0.15, -0.1) is 0 Å². The number of methoxy groups -OCH3 is 2. The number of hydrogen-bond donors (Lipinski definition) is 1. The first-order valence-electron chi connectivity index (χ1n) is 10.2. The van der Waals surface area contributed by atoms with E-state index < -0.39 is 0 Å². The molecule has 1 aliphatic heterocycles. The van der Waals surface area contributed by atoms with Crippen LogP contribution in [0, 0.1) is 11.7 Å². The average Bonchev–Trinajstić information content (AvgIpc) is 2.81. The van der Waals surface area contributed by atoms with Crippen molar-refractivity contribution in [3.8, 4) is 11.5 Å². The maximum atomic E-state index is 13.7. The monoisotopic (exact) mass is 426 g/mol. The maximum absolute atomic E-state index is 13.7. The van der Waals surface area contributed by atoms with Crippen molar-refractivity contribution >= 4 is 17.9 Å². The van der Waals surface area contributed by atoms with Crippen molar-refractivity contribution in [3.05, 3.63) is 65.5 Å². The standard InChI is InChI=1S/C24H27FN2O4/c1-30-21-9-7-19(15-22(21)31-2)24(29)26-16-17-11-13-27(14-12-17)23(28)10-8-18-5-3-4-6-20(18)25/h3-10,15,17H,11-14,16H2,1-2H3,(H,26,29)/b10-8+. The van der Waals surface area contributed by atoms with E-state index in [-0.39, 0.29) is 17.6 Å². The van der Waals surface area contributed by atoms with Crippen LogP contribution in [0.2, 0.25) is 0 Å². The summed E-state index contributed by atoms with van der Waals surface area (Å²) in [6.07, 6.45) is 4.52. The largest absolute Gasteiger partial charge is 0.493 e. The van der Waals surface area contributed by atoms with Crippen LogP contribution in [0.3, 0.4) is 0 Å². The molecule has 2 aromatic carbocycles. The number of ether oxygens (including phenoxy) is 2. The van der Waals surface area contributed by atoms with Crippen LogP contribution in [0.1, 0.15) is 28.8 Å². The molecule has 1 saturated heterocycles. The third-order valence-electron chi connectivity index (χ3n) is 5.43. The van der Waals surface area contributed by atoms with Gasteiger partial charge in [-0.05, 0) is 49.1 Å². The van der Waals surface area contributed by atoms with Crippen LogP contribution in [-0.4, -0.2) is 50.6 Å². The van der Waals surface area contributed by atoms with Gasteiger partial charge < -0.3 is 19.7 Å². The first kappa shape index (κ1) is 22.3. The number of amides is 2. The van der Waals surface area contributed by atoms with Gasteiger partial charge in [0, 0.05) is 36.8 Å². The van der Waals surface area contributed by atoms with Crippen molar-refractivity contribution in [3.63, 3.8) is 0 Å². The van der Waals surface area contributed by atoms with Gasteiger partial charge in [-0.1, -0.05) is 18.2 Å². The lowest BCUT2D eigenvalue weighted by molar-refractivity contribution is -0.127. The molecule has 7 heteroatoms. The van der Waals surface area contributed by atoms with Crippen LogP contribution in [0.25, 0.3) is 6.08 Å². The van der Waals surface area contributed by atoms with E-state index in [9.17, 15) is 14.0 Å². The van der Waals surface area contributed by atoms with Gasteiger partial charge in [0.1, 0.15) is 5.82 Å². The molecular formula is C24H27FN2O4. The molecule has 2 aromatic rings. The number of nitrogens with one attached hydrogen (secondary N) is 1. The molecule has 1 N–H and O–H groups in total. The van der Waals surface area contributed by atoms with Crippen molar-refractivity contribution < 1.29 is 23.5 Å². The molecule has 0 atom stereocenters. The predicted octanol–water partition coefficient (Wildman–Crippen LogP) is 3.52. The lowest BCUT2D eigenvalue weighted by Crippen LogP contribution is -2.41. The highest BCUT2D eigenvalue weighted by atomic mass is 19.1. The van der Waals surface area contributed by atoms with Gasteiger partial charge in [-0.25, -0.2) is 4.39 Å². The molecule has 0 bridgehead atoms. The number of nitrogens with zero attached hydrogens (tertiary/aromatic N) is 1. The molecule has 164 valence electrons. The van der Waals surface area contributed by atoms with Crippen molar-refractivity contribution in [2.75, 3.05) is 33.9 Å². The zero-order valence-corrected chi connectivity index (χ0v) is 17.8. The molecule has 31 heavy (non-hydrogen) atoms. The van der Waals surface area contributed by atoms with E-state index in [1.165, 1.54) is 25.3 Å². The summed E-state index contributed by atoms with van der Waals surface area (Å²) in [7, 11) is 3.07. The van der Waals surface area contributed by atoms with Gasteiger partial charge in [0.05, 0.1) is 14.2 Å². The fourth-order valence-electron chi connectivity index (χ4n) is 3.55. The molecule has 0 spiro atoms. The second-order valence-electron chi connectivity index (χ2n) is 7.40. The molecule has 1 aliphatic rings. The van der Waals surface area contributed by atoms with E-state index in [0.29, 0.717) is 48.2 Å². The Labute approximate surface area is 181 Å². The van der Waals surface area contributed by atoms with E-state index in [4.69, 9.17) is 9.47 Å². The zero-order valence-electron chi connectivity index (χ0n) is 17.8. The van der Waals surface area contributed by atoms with Crippen LogP contribution < -0.4 is 14.8 Å². The SMILES string of the molecule is COc1ccc(C(=O)NCC2CCN(C(=O)/C=C/c3ccccc3F)CC2)cc1OC. The minimum Gasteiger partial charge on any atom is -0.493 e. The van der Waals surface area contributed by atoms with Gasteiger partial charge in [-0.2, -0.15) is 0 Å². The summed E-state index contributed by atoms with van der Waals surface area (Å²) in [5, 5.41) is 2.96. The predicted molar refractivity (Wildman–Crippen MR) is 117 cm³/mol. The number of carbonyl (C=O) groups is 2.